The predicted molar refractivity (Wildman–Crippen MR) is 124 cm³/mol. The van der Waals surface area contributed by atoms with E-state index >= 15 is 0 Å². The Morgan fingerprint density at radius 1 is 1.19 bits per heavy atom. The molecule has 1 amide bonds. The molecule has 0 fully saturated rings. The van der Waals surface area contributed by atoms with E-state index in [1.807, 2.05) is 45.0 Å². The molecular weight excluding hydrogens is 475 g/mol. The third-order valence-electron chi connectivity index (χ3n) is 3.84. The molecule has 0 spiro atoms. The van der Waals surface area contributed by atoms with Crippen LogP contribution in [0.1, 0.15) is 31.8 Å². The summed E-state index contributed by atoms with van der Waals surface area (Å²) in [4.78, 5) is 16.9. The third-order valence-corrected chi connectivity index (χ3v) is 5.06. The summed E-state index contributed by atoms with van der Waals surface area (Å²) in [6, 6.07) is 10.1. The summed E-state index contributed by atoms with van der Waals surface area (Å²) in [5.41, 5.74) is -0.395. The molecule has 0 aliphatic carbocycles. The molecule has 2 aromatic rings. The van der Waals surface area contributed by atoms with Crippen molar-refractivity contribution in [2.24, 2.45) is 10.4 Å². The summed E-state index contributed by atoms with van der Waals surface area (Å²) >= 11 is 1.59. The van der Waals surface area contributed by atoms with Gasteiger partial charge >= 0.3 is 0 Å². The van der Waals surface area contributed by atoms with Crippen LogP contribution in [-0.4, -0.2) is 43.7 Å². The molecule has 6 nitrogen and oxygen atoms in total. The molecule has 1 atom stereocenters. The third kappa shape index (κ3) is 7.27. The number of hydrogen-bond donors (Lipinski definition) is 4. The van der Waals surface area contributed by atoms with Crippen LogP contribution in [0.25, 0.3) is 10.1 Å². The number of rotatable bonds is 6. The van der Waals surface area contributed by atoms with Gasteiger partial charge in [0.15, 0.2) is 5.96 Å². The molecular formula is C19H29IN4O2S. The minimum atomic E-state index is -0.605. The number of halogens is 1. The van der Waals surface area contributed by atoms with E-state index in [2.05, 4.69) is 27.0 Å². The van der Waals surface area contributed by atoms with Crippen LogP contribution in [0, 0.1) is 5.41 Å². The van der Waals surface area contributed by atoms with Crippen molar-refractivity contribution in [2.75, 3.05) is 26.7 Å². The lowest BCUT2D eigenvalue weighted by Crippen LogP contribution is -2.44. The van der Waals surface area contributed by atoms with E-state index < -0.39 is 11.5 Å². The first-order valence-electron chi connectivity index (χ1n) is 8.70. The summed E-state index contributed by atoms with van der Waals surface area (Å²) in [6.45, 7) is 7.07. The SMILES string of the molecule is CN=C(NCCNC(=O)C(C)(C)C)NCC(O)c1cc2ccccc2s1.I. The summed E-state index contributed by atoms with van der Waals surface area (Å²) < 4.78 is 1.17. The van der Waals surface area contributed by atoms with E-state index in [1.165, 1.54) is 4.70 Å². The van der Waals surface area contributed by atoms with Crippen LogP contribution >= 0.6 is 35.3 Å². The van der Waals surface area contributed by atoms with Crippen molar-refractivity contribution in [3.05, 3.63) is 35.2 Å². The Kier molecular flexibility index (Phi) is 9.48. The van der Waals surface area contributed by atoms with Crippen LogP contribution in [0.2, 0.25) is 0 Å². The van der Waals surface area contributed by atoms with Crippen molar-refractivity contribution < 1.29 is 9.90 Å². The zero-order valence-electron chi connectivity index (χ0n) is 16.2. The van der Waals surface area contributed by atoms with Gasteiger partial charge in [-0.3, -0.25) is 9.79 Å². The van der Waals surface area contributed by atoms with Gasteiger partial charge in [0.1, 0.15) is 6.10 Å². The second-order valence-corrected chi connectivity index (χ2v) is 8.20. The molecule has 8 heteroatoms. The lowest BCUT2D eigenvalue weighted by molar-refractivity contribution is -0.128. The first kappa shape index (κ1) is 23.6. The minimum absolute atomic E-state index is 0. The number of thiophene rings is 1. The topological polar surface area (TPSA) is 85.8 Å². The van der Waals surface area contributed by atoms with Crippen LogP contribution in [-0.2, 0) is 4.79 Å². The number of aliphatic hydroxyl groups excluding tert-OH is 1. The van der Waals surface area contributed by atoms with Crippen molar-refractivity contribution in [3.8, 4) is 0 Å². The van der Waals surface area contributed by atoms with Crippen LogP contribution < -0.4 is 16.0 Å². The Morgan fingerprint density at radius 2 is 1.85 bits per heavy atom. The molecule has 1 heterocycles. The lowest BCUT2D eigenvalue weighted by Gasteiger charge is -2.18. The van der Waals surface area contributed by atoms with Gasteiger partial charge in [0.2, 0.25) is 5.91 Å². The Bertz CT molecular complexity index is 737. The molecule has 0 saturated carbocycles. The monoisotopic (exact) mass is 504 g/mol. The fraction of sp³-hybridized carbons (Fsp3) is 0.474. The standard InChI is InChI=1S/C19H28N4O2S.HI/c1-19(2,3)17(25)21-9-10-22-18(20-4)23-12-14(24)16-11-13-7-5-6-8-15(13)26-16;/h5-8,11,14,24H,9-10,12H2,1-4H3,(H,21,25)(H2,20,22,23);1H. The second kappa shape index (κ2) is 10.8. The van der Waals surface area contributed by atoms with Crippen LogP contribution in [0.15, 0.2) is 35.3 Å². The van der Waals surface area contributed by atoms with Gasteiger partial charge < -0.3 is 21.1 Å². The number of aliphatic hydroxyl groups is 1. The van der Waals surface area contributed by atoms with E-state index in [4.69, 9.17) is 0 Å². The number of hydrogen-bond acceptors (Lipinski definition) is 4. The molecule has 0 radical (unpaired) electrons. The largest absolute Gasteiger partial charge is 0.386 e. The van der Waals surface area contributed by atoms with E-state index in [0.29, 0.717) is 25.6 Å². The number of nitrogens with zero attached hydrogens (tertiary/aromatic N) is 1. The van der Waals surface area contributed by atoms with E-state index in [1.54, 1.807) is 18.4 Å². The van der Waals surface area contributed by atoms with E-state index in [9.17, 15) is 9.90 Å². The molecule has 0 bridgehead atoms. The molecule has 4 N–H and O–H groups in total. The summed E-state index contributed by atoms with van der Waals surface area (Å²) in [7, 11) is 1.68. The van der Waals surface area contributed by atoms with Gasteiger partial charge in [-0.05, 0) is 17.5 Å². The fourth-order valence-electron chi connectivity index (χ4n) is 2.30. The molecule has 2 rings (SSSR count). The molecule has 0 aliphatic rings. The first-order chi connectivity index (χ1) is 12.3. The molecule has 1 aromatic carbocycles. The Balaban J connectivity index is 0.00000364. The Labute approximate surface area is 181 Å². The summed E-state index contributed by atoms with van der Waals surface area (Å²) in [6.07, 6.45) is -0.605. The molecule has 1 unspecified atom stereocenters. The maximum Gasteiger partial charge on any atom is 0.225 e. The van der Waals surface area contributed by atoms with Gasteiger partial charge in [-0.15, -0.1) is 35.3 Å². The quantitative estimate of drug-likeness (QED) is 0.211. The zero-order chi connectivity index (χ0) is 19.2. The smallest absolute Gasteiger partial charge is 0.225 e. The van der Waals surface area contributed by atoms with Crippen LogP contribution in [0.3, 0.4) is 0 Å². The highest BCUT2D eigenvalue weighted by molar-refractivity contribution is 14.0. The Hall–Kier alpha value is -1.39. The average molecular weight is 504 g/mol. The number of amides is 1. The number of carbonyl (C=O) groups excluding carboxylic acids is 1. The van der Waals surface area contributed by atoms with Gasteiger partial charge in [0.05, 0.1) is 0 Å². The van der Waals surface area contributed by atoms with E-state index in [0.717, 1.165) is 10.3 Å². The van der Waals surface area contributed by atoms with Crippen molar-refractivity contribution in [3.63, 3.8) is 0 Å². The highest BCUT2D eigenvalue weighted by atomic mass is 127. The van der Waals surface area contributed by atoms with E-state index in [-0.39, 0.29) is 29.9 Å². The van der Waals surface area contributed by atoms with Crippen LogP contribution in [0.4, 0.5) is 0 Å². The molecule has 0 aliphatic heterocycles. The second-order valence-electron chi connectivity index (χ2n) is 7.09. The maximum absolute atomic E-state index is 11.8. The lowest BCUT2D eigenvalue weighted by atomic mass is 9.96. The van der Waals surface area contributed by atoms with Gasteiger partial charge in [0.25, 0.3) is 0 Å². The first-order valence-corrected chi connectivity index (χ1v) is 9.52. The van der Waals surface area contributed by atoms with Gasteiger partial charge in [0, 0.05) is 41.7 Å². The summed E-state index contributed by atoms with van der Waals surface area (Å²) in [5.74, 6) is 0.609. The minimum Gasteiger partial charge on any atom is -0.386 e. The number of nitrogens with one attached hydrogen (secondary N) is 3. The molecule has 150 valence electrons. The molecule has 0 saturated heterocycles. The normalized spacial score (nSPS) is 13.0. The fourth-order valence-corrected chi connectivity index (χ4v) is 3.35. The number of aliphatic imine (C=N–C) groups is 1. The molecule has 27 heavy (non-hydrogen) atoms. The summed E-state index contributed by atoms with van der Waals surface area (Å²) in [5, 5.41) is 20.7. The van der Waals surface area contributed by atoms with Crippen molar-refractivity contribution in [2.45, 2.75) is 26.9 Å². The average Bonchev–Trinajstić information content (AvgIpc) is 3.04. The van der Waals surface area contributed by atoms with Crippen molar-refractivity contribution >= 4 is 57.3 Å². The van der Waals surface area contributed by atoms with Crippen molar-refractivity contribution in [1.82, 2.24) is 16.0 Å². The predicted octanol–water partition coefficient (Wildman–Crippen LogP) is 2.88. The highest BCUT2D eigenvalue weighted by Gasteiger charge is 2.20. The van der Waals surface area contributed by atoms with Crippen LogP contribution in [0.5, 0.6) is 0 Å². The zero-order valence-corrected chi connectivity index (χ0v) is 19.4. The van der Waals surface area contributed by atoms with Gasteiger partial charge in [-0.1, -0.05) is 39.0 Å². The number of benzene rings is 1. The maximum atomic E-state index is 11.8. The number of carbonyl (C=O) groups is 1. The molecule has 1 aromatic heterocycles. The Morgan fingerprint density at radius 3 is 2.48 bits per heavy atom. The highest BCUT2D eigenvalue weighted by Crippen LogP contribution is 2.29. The number of fused-ring (bicyclic) bond motifs is 1. The van der Waals surface area contributed by atoms with Gasteiger partial charge in [-0.25, -0.2) is 0 Å². The van der Waals surface area contributed by atoms with Crippen molar-refractivity contribution in [1.29, 1.82) is 0 Å². The number of guanidine groups is 1. The van der Waals surface area contributed by atoms with Gasteiger partial charge in [-0.2, -0.15) is 0 Å².